The van der Waals surface area contributed by atoms with Gasteiger partial charge in [-0.25, -0.2) is 4.21 Å². The van der Waals surface area contributed by atoms with Crippen molar-refractivity contribution in [3.63, 3.8) is 0 Å². The Morgan fingerprint density at radius 2 is 2.19 bits per heavy atom. The van der Waals surface area contributed by atoms with Gasteiger partial charge in [-0.1, -0.05) is 23.4 Å². The summed E-state index contributed by atoms with van der Waals surface area (Å²) in [5, 5.41) is 14.8. The molecule has 3 N–H and O–H groups in total. The minimum Gasteiger partial charge on any atom is -0.307 e. The summed E-state index contributed by atoms with van der Waals surface area (Å²) in [6.07, 6.45) is -0.376. The van der Waals surface area contributed by atoms with E-state index >= 15 is 0 Å². The van der Waals surface area contributed by atoms with Crippen molar-refractivity contribution in [1.82, 2.24) is 4.40 Å². The zero-order chi connectivity index (χ0) is 15.7. The summed E-state index contributed by atoms with van der Waals surface area (Å²) >= 11 is 4.35. The molecule has 2 aromatic heterocycles. The predicted octanol–water partition coefficient (Wildman–Crippen LogP) is 2.67. The van der Waals surface area contributed by atoms with Crippen molar-refractivity contribution in [2.24, 2.45) is 0 Å². The van der Waals surface area contributed by atoms with E-state index in [4.69, 9.17) is 34.8 Å². The van der Waals surface area contributed by atoms with Crippen molar-refractivity contribution >= 4 is 57.9 Å². The molecule has 2 aromatic rings. The van der Waals surface area contributed by atoms with E-state index in [2.05, 4.69) is 0 Å². The summed E-state index contributed by atoms with van der Waals surface area (Å²) in [7, 11) is 4.93. The first-order valence-electron chi connectivity index (χ1n) is 5.47. The molecule has 2 radical (unpaired) electrons. The first-order valence-corrected chi connectivity index (χ1v) is 7.77. The zero-order valence-corrected chi connectivity index (χ0v) is 12.7. The molecule has 108 valence electrons. The highest BCUT2D eigenvalue weighted by Crippen LogP contribution is 2.26. The van der Waals surface area contributed by atoms with Crippen LogP contribution in [0.15, 0.2) is 29.3 Å². The van der Waals surface area contributed by atoms with Gasteiger partial charge in [0.2, 0.25) is 0 Å². The largest absolute Gasteiger partial charge is 0.307 e. The van der Waals surface area contributed by atoms with E-state index in [1.165, 1.54) is 16.5 Å². The lowest BCUT2D eigenvalue weighted by Gasteiger charge is -2.07. The molecule has 0 aliphatic heterocycles. The van der Waals surface area contributed by atoms with Gasteiger partial charge in [-0.05, 0) is 18.2 Å². The molecule has 0 aliphatic carbocycles. The van der Waals surface area contributed by atoms with Crippen molar-refractivity contribution in [1.29, 1.82) is 10.8 Å². The molecule has 2 heterocycles. The molecule has 10 heteroatoms. The summed E-state index contributed by atoms with van der Waals surface area (Å²) in [6.45, 7) is 0. The second-order valence-electron chi connectivity index (χ2n) is 3.94. The summed E-state index contributed by atoms with van der Waals surface area (Å²) in [4.78, 5) is 0.0857. The molecular weight excluding hydrogens is 336 g/mol. The van der Waals surface area contributed by atoms with E-state index in [1.807, 2.05) is 0 Å². The zero-order valence-electron chi connectivity index (χ0n) is 10.3. The molecule has 2 rings (SSSR count). The quantitative estimate of drug-likeness (QED) is 0.263. The normalized spacial score (nSPS) is 14.0. The van der Waals surface area contributed by atoms with E-state index < -0.39 is 22.2 Å². The SMILES string of the molecule is [B]C(F)C(=N)SC(=N)c1ccn2c(Cl)cc(S(=O)O)cc12. The maximum absolute atomic E-state index is 12.8. The lowest BCUT2D eigenvalue weighted by Crippen LogP contribution is -2.12. The second-order valence-corrected chi connectivity index (χ2v) is 6.35. The van der Waals surface area contributed by atoms with E-state index in [-0.39, 0.29) is 15.1 Å². The maximum Gasteiger partial charge on any atom is 0.186 e. The number of hydrogen-bond donors (Lipinski definition) is 3. The highest BCUT2D eigenvalue weighted by atomic mass is 35.5. The lowest BCUT2D eigenvalue weighted by atomic mass is 10.0. The van der Waals surface area contributed by atoms with Crippen LogP contribution >= 0.6 is 23.4 Å². The Morgan fingerprint density at radius 3 is 2.76 bits per heavy atom. The molecular formula is C11H8BClFN3O2S2. The number of halogens is 2. The van der Waals surface area contributed by atoms with Crippen molar-refractivity contribution in [2.75, 3.05) is 0 Å². The molecule has 21 heavy (non-hydrogen) atoms. The number of nitrogens with one attached hydrogen (secondary N) is 2. The molecule has 0 aliphatic rings. The van der Waals surface area contributed by atoms with Crippen LogP contribution in [0.1, 0.15) is 5.56 Å². The minimum atomic E-state index is -2.22. The summed E-state index contributed by atoms with van der Waals surface area (Å²) in [6, 6.07) is 4.30. The highest BCUT2D eigenvalue weighted by molar-refractivity contribution is 8.27. The molecule has 0 bridgehead atoms. The fourth-order valence-electron chi connectivity index (χ4n) is 1.66. The van der Waals surface area contributed by atoms with Gasteiger partial charge in [-0.3, -0.25) is 15.2 Å². The fourth-order valence-corrected chi connectivity index (χ4v) is 3.03. The Labute approximate surface area is 132 Å². The summed E-state index contributed by atoms with van der Waals surface area (Å²) in [5.41, 5.74) is 0.775. The monoisotopic (exact) mass is 343 g/mol. The van der Waals surface area contributed by atoms with Gasteiger partial charge in [0, 0.05) is 11.8 Å². The van der Waals surface area contributed by atoms with Crippen molar-refractivity contribution in [3.8, 4) is 0 Å². The van der Waals surface area contributed by atoms with Crippen LogP contribution < -0.4 is 0 Å². The van der Waals surface area contributed by atoms with Crippen LogP contribution in [0.25, 0.3) is 5.52 Å². The van der Waals surface area contributed by atoms with Crippen LogP contribution in [0.2, 0.25) is 5.15 Å². The number of nitrogens with zero attached hydrogens (tertiary/aromatic N) is 1. The number of fused-ring (bicyclic) bond motifs is 1. The predicted molar refractivity (Wildman–Crippen MR) is 84.2 cm³/mol. The smallest absolute Gasteiger partial charge is 0.186 e. The number of rotatable bonds is 3. The third-order valence-corrected chi connectivity index (χ3v) is 4.40. The van der Waals surface area contributed by atoms with Crippen molar-refractivity contribution < 1.29 is 13.2 Å². The molecule has 0 saturated carbocycles. The molecule has 2 unspecified atom stereocenters. The van der Waals surface area contributed by atoms with Gasteiger partial charge < -0.3 is 8.95 Å². The molecule has 0 aromatic carbocycles. The van der Waals surface area contributed by atoms with Crippen LogP contribution in [0.5, 0.6) is 0 Å². The van der Waals surface area contributed by atoms with Gasteiger partial charge >= 0.3 is 0 Å². The standard InChI is InChI=1S/C11H8BClFN3O2S2/c12-9(14)11(16)20-10(15)6-1-2-17-7(6)3-5(21(18)19)4-8(17)13/h1-4,9,15-16H,(H,18,19). The summed E-state index contributed by atoms with van der Waals surface area (Å²) in [5.74, 6) is 0. The minimum absolute atomic E-state index is 0.0857. The third-order valence-electron chi connectivity index (χ3n) is 2.60. The van der Waals surface area contributed by atoms with Crippen molar-refractivity contribution in [2.45, 2.75) is 11.0 Å². The van der Waals surface area contributed by atoms with Crippen LogP contribution in [0, 0.1) is 10.8 Å². The van der Waals surface area contributed by atoms with E-state index in [0.717, 1.165) is 0 Å². The average Bonchev–Trinajstić information content (AvgIpc) is 2.82. The summed E-state index contributed by atoms with van der Waals surface area (Å²) < 4.78 is 34.6. The average molecular weight is 344 g/mol. The van der Waals surface area contributed by atoms with Gasteiger partial charge in [0.25, 0.3) is 0 Å². The first-order chi connectivity index (χ1) is 9.81. The molecule has 5 nitrogen and oxygen atoms in total. The van der Waals surface area contributed by atoms with Crippen LogP contribution in [-0.4, -0.2) is 37.2 Å². The molecule has 0 amide bonds. The van der Waals surface area contributed by atoms with Crippen LogP contribution in [0.3, 0.4) is 0 Å². The molecule has 0 spiro atoms. The number of aromatic nitrogens is 1. The highest BCUT2D eigenvalue weighted by Gasteiger charge is 2.16. The Bertz CT molecular complexity index is 765. The van der Waals surface area contributed by atoms with Gasteiger partial charge in [0.15, 0.2) is 11.1 Å². The second kappa shape index (κ2) is 6.31. The number of pyridine rings is 1. The number of alkyl halides is 1. The van der Waals surface area contributed by atoms with Gasteiger partial charge in [-0.15, -0.1) is 0 Å². The number of hydrogen-bond acceptors (Lipinski definition) is 4. The molecule has 2 atom stereocenters. The van der Waals surface area contributed by atoms with Gasteiger partial charge in [0.1, 0.15) is 24.1 Å². The van der Waals surface area contributed by atoms with Gasteiger partial charge in [0.05, 0.1) is 15.5 Å². The Hall–Kier alpha value is -1.16. The van der Waals surface area contributed by atoms with E-state index in [1.54, 1.807) is 12.3 Å². The Balaban J connectivity index is 2.48. The Kier molecular flexibility index (Phi) is 4.87. The Morgan fingerprint density at radius 1 is 1.52 bits per heavy atom. The first kappa shape index (κ1) is 16.2. The lowest BCUT2D eigenvalue weighted by molar-refractivity contribution is 0.536. The topological polar surface area (TPSA) is 89.4 Å². The molecule has 0 fully saturated rings. The van der Waals surface area contributed by atoms with E-state index in [9.17, 15) is 8.60 Å². The maximum atomic E-state index is 12.8. The van der Waals surface area contributed by atoms with Gasteiger partial charge in [-0.2, -0.15) is 0 Å². The third kappa shape index (κ3) is 3.37. The number of thioether (sulfide) groups is 1. The fraction of sp³-hybridized carbons (Fsp3) is 0.0909. The van der Waals surface area contributed by atoms with Crippen LogP contribution in [0.4, 0.5) is 4.39 Å². The van der Waals surface area contributed by atoms with Crippen LogP contribution in [-0.2, 0) is 11.1 Å². The van der Waals surface area contributed by atoms with Crippen molar-refractivity contribution in [3.05, 3.63) is 35.1 Å². The molecule has 0 saturated heterocycles. The van der Waals surface area contributed by atoms with E-state index in [0.29, 0.717) is 22.8 Å².